The van der Waals surface area contributed by atoms with Crippen LogP contribution in [0.1, 0.15) is 56.8 Å². The van der Waals surface area contributed by atoms with E-state index in [1.165, 1.54) is 44.2 Å². The Balaban J connectivity index is 2.02. The second-order valence-electron chi connectivity index (χ2n) is 6.03. The van der Waals surface area contributed by atoms with Gasteiger partial charge >= 0.3 is 0 Å². The molecule has 0 bridgehead atoms. The van der Waals surface area contributed by atoms with E-state index in [1.54, 1.807) is 0 Å². The average molecular weight is 263 g/mol. The van der Waals surface area contributed by atoms with Crippen LogP contribution in [0.3, 0.4) is 0 Å². The maximum absolute atomic E-state index is 4.43. The Bertz CT molecular complexity index is 377. The lowest BCUT2D eigenvalue weighted by Crippen LogP contribution is -2.41. The number of imidazole rings is 1. The maximum atomic E-state index is 4.43. The van der Waals surface area contributed by atoms with E-state index in [4.69, 9.17) is 0 Å². The maximum Gasteiger partial charge on any atom is 0.0951 e. The predicted octanol–water partition coefficient (Wildman–Crippen LogP) is 3.45. The summed E-state index contributed by atoms with van der Waals surface area (Å²) < 4.78 is 2.33. The first kappa shape index (κ1) is 14.6. The molecule has 0 aliphatic heterocycles. The molecular formula is C16H29N3. The lowest BCUT2D eigenvalue weighted by atomic mass is 9.83. The van der Waals surface area contributed by atoms with E-state index in [1.807, 2.05) is 6.33 Å². The van der Waals surface area contributed by atoms with Gasteiger partial charge in [0, 0.05) is 18.3 Å². The van der Waals surface area contributed by atoms with Crippen molar-refractivity contribution < 1.29 is 0 Å². The van der Waals surface area contributed by atoms with Crippen molar-refractivity contribution in [3.63, 3.8) is 0 Å². The Kier molecular flexibility index (Phi) is 5.44. The largest absolute Gasteiger partial charge is 0.333 e. The summed E-state index contributed by atoms with van der Waals surface area (Å²) in [5.41, 5.74) is 2.48. The molecule has 1 aromatic rings. The van der Waals surface area contributed by atoms with Gasteiger partial charge < -0.3 is 9.88 Å². The van der Waals surface area contributed by atoms with Crippen molar-refractivity contribution in [1.82, 2.24) is 14.9 Å². The van der Waals surface area contributed by atoms with Crippen molar-refractivity contribution >= 4 is 0 Å². The SMILES string of the molecule is CCCNC(Cn1cnc(C)c1C)C1CCCCC1. The normalized spacial score (nSPS) is 18.7. The first-order valence-electron chi connectivity index (χ1n) is 7.94. The summed E-state index contributed by atoms with van der Waals surface area (Å²) in [5, 5.41) is 3.78. The summed E-state index contributed by atoms with van der Waals surface area (Å²) in [6, 6.07) is 0.618. The van der Waals surface area contributed by atoms with E-state index in [9.17, 15) is 0 Å². The lowest BCUT2D eigenvalue weighted by Gasteiger charge is -2.31. The van der Waals surface area contributed by atoms with Crippen molar-refractivity contribution in [2.75, 3.05) is 6.54 Å². The average Bonchev–Trinajstić information content (AvgIpc) is 2.76. The van der Waals surface area contributed by atoms with Crippen molar-refractivity contribution in [3.8, 4) is 0 Å². The quantitative estimate of drug-likeness (QED) is 0.852. The van der Waals surface area contributed by atoms with Crippen LogP contribution in [-0.2, 0) is 6.54 Å². The fourth-order valence-electron chi connectivity index (χ4n) is 3.19. The van der Waals surface area contributed by atoms with Gasteiger partial charge in [-0.25, -0.2) is 4.98 Å². The Hall–Kier alpha value is -0.830. The molecule has 19 heavy (non-hydrogen) atoms. The van der Waals surface area contributed by atoms with E-state index in [-0.39, 0.29) is 0 Å². The molecule has 1 aromatic heterocycles. The van der Waals surface area contributed by atoms with Gasteiger partial charge in [0.25, 0.3) is 0 Å². The zero-order valence-electron chi connectivity index (χ0n) is 12.8. The second kappa shape index (κ2) is 7.09. The minimum absolute atomic E-state index is 0.618. The third-order valence-corrected chi connectivity index (χ3v) is 4.61. The molecule has 1 unspecified atom stereocenters. The van der Waals surface area contributed by atoms with E-state index in [2.05, 4.69) is 35.6 Å². The van der Waals surface area contributed by atoms with Gasteiger partial charge in [0.05, 0.1) is 12.0 Å². The minimum atomic E-state index is 0.618. The Morgan fingerprint density at radius 3 is 2.63 bits per heavy atom. The Labute approximate surface area is 117 Å². The highest BCUT2D eigenvalue weighted by Gasteiger charge is 2.23. The van der Waals surface area contributed by atoms with Crippen LogP contribution in [0.4, 0.5) is 0 Å². The molecule has 3 nitrogen and oxygen atoms in total. The summed E-state index contributed by atoms with van der Waals surface area (Å²) in [4.78, 5) is 4.43. The van der Waals surface area contributed by atoms with Gasteiger partial charge in [-0.1, -0.05) is 26.2 Å². The van der Waals surface area contributed by atoms with Crippen molar-refractivity contribution in [2.24, 2.45) is 5.92 Å². The third-order valence-electron chi connectivity index (χ3n) is 4.61. The predicted molar refractivity (Wildman–Crippen MR) is 80.4 cm³/mol. The Morgan fingerprint density at radius 1 is 1.32 bits per heavy atom. The summed E-state index contributed by atoms with van der Waals surface area (Å²) in [6.07, 6.45) is 10.3. The van der Waals surface area contributed by atoms with Crippen molar-refractivity contribution in [1.29, 1.82) is 0 Å². The number of hydrogen-bond donors (Lipinski definition) is 1. The highest BCUT2D eigenvalue weighted by Crippen LogP contribution is 2.27. The summed E-state index contributed by atoms with van der Waals surface area (Å²) >= 11 is 0. The molecule has 0 radical (unpaired) electrons. The molecule has 1 heterocycles. The molecule has 1 aliphatic carbocycles. The molecule has 1 saturated carbocycles. The highest BCUT2D eigenvalue weighted by molar-refractivity contribution is 5.08. The van der Waals surface area contributed by atoms with Crippen LogP contribution in [0.2, 0.25) is 0 Å². The van der Waals surface area contributed by atoms with E-state index in [0.29, 0.717) is 6.04 Å². The van der Waals surface area contributed by atoms with Crippen LogP contribution in [-0.4, -0.2) is 22.1 Å². The summed E-state index contributed by atoms with van der Waals surface area (Å²) in [6.45, 7) is 8.74. The summed E-state index contributed by atoms with van der Waals surface area (Å²) in [5.74, 6) is 0.849. The third kappa shape index (κ3) is 3.82. The Morgan fingerprint density at radius 2 is 2.05 bits per heavy atom. The number of hydrogen-bond acceptors (Lipinski definition) is 2. The first-order valence-corrected chi connectivity index (χ1v) is 7.94. The van der Waals surface area contributed by atoms with Crippen molar-refractivity contribution in [3.05, 3.63) is 17.7 Å². The van der Waals surface area contributed by atoms with Gasteiger partial charge in [-0.2, -0.15) is 0 Å². The molecule has 0 spiro atoms. The molecule has 2 rings (SSSR count). The minimum Gasteiger partial charge on any atom is -0.333 e. The monoisotopic (exact) mass is 263 g/mol. The van der Waals surface area contributed by atoms with Gasteiger partial charge in [0.15, 0.2) is 0 Å². The zero-order chi connectivity index (χ0) is 13.7. The van der Waals surface area contributed by atoms with Crippen LogP contribution in [0.5, 0.6) is 0 Å². The summed E-state index contributed by atoms with van der Waals surface area (Å²) in [7, 11) is 0. The topological polar surface area (TPSA) is 29.9 Å². The molecular weight excluding hydrogens is 234 g/mol. The van der Waals surface area contributed by atoms with Crippen LogP contribution in [0, 0.1) is 19.8 Å². The van der Waals surface area contributed by atoms with E-state index < -0.39 is 0 Å². The molecule has 1 aliphatic rings. The molecule has 108 valence electrons. The van der Waals surface area contributed by atoms with Crippen LogP contribution < -0.4 is 5.32 Å². The molecule has 0 aromatic carbocycles. The van der Waals surface area contributed by atoms with Gasteiger partial charge in [0.2, 0.25) is 0 Å². The lowest BCUT2D eigenvalue weighted by molar-refractivity contribution is 0.247. The fraction of sp³-hybridized carbons (Fsp3) is 0.812. The van der Waals surface area contributed by atoms with Crippen molar-refractivity contribution in [2.45, 2.75) is 71.9 Å². The van der Waals surface area contributed by atoms with Gasteiger partial charge in [-0.15, -0.1) is 0 Å². The molecule has 1 atom stereocenters. The van der Waals surface area contributed by atoms with Gasteiger partial charge in [-0.3, -0.25) is 0 Å². The van der Waals surface area contributed by atoms with E-state index >= 15 is 0 Å². The fourth-order valence-corrected chi connectivity index (χ4v) is 3.19. The number of aromatic nitrogens is 2. The number of nitrogens with one attached hydrogen (secondary N) is 1. The highest BCUT2D eigenvalue weighted by atomic mass is 15.1. The molecule has 3 heteroatoms. The van der Waals surface area contributed by atoms with E-state index in [0.717, 1.165) is 24.7 Å². The molecule has 0 amide bonds. The zero-order valence-corrected chi connectivity index (χ0v) is 12.8. The second-order valence-corrected chi connectivity index (χ2v) is 6.03. The number of rotatable bonds is 6. The van der Waals surface area contributed by atoms with Crippen LogP contribution >= 0.6 is 0 Å². The first-order chi connectivity index (χ1) is 9.22. The molecule has 1 fully saturated rings. The van der Waals surface area contributed by atoms with Gasteiger partial charge in [-0.05, 0) is 45.6 Å². The standard InChI is InChI=1S/C16H29N3/c1-4-10-17-16(15-8-6-5-7-9-15)11-19-12-18-13(2)14(19)3/h12,15-17H,4-11H2,1-3H3. The van der Waals surface area contributed by atoms with Gasteiger partial charge in [0.1, 0.15) is 0 Å². The molecule has 0 saturated heterocycles. The van der Waals surface area contributed by atoms with Crippen LogP contribution in [0.25, 0.3) is 0 Å². The number of nitrogens with zero attached hydrogens (tertiary/aromatic N) is 2. The smallest absolute Gasteiger partial charge is 0.0951 e. The van der Waals surface area contributed by atoms with Crippen LogP contribution in [0.15, 0.2) is 6.33 Å². The molecule has 1 N–H and O–H groups in total. The number of aryl methyl sites for hydroxylation is 1.